The Morgan fingerprint density at radius 1 is 1.32 bits per heavy atom. The number of carboxylic acid groups (broad SMARTS) is 1. The van der Waals surface area contributed by atoms with Crippen LogP contribution in [0, 0.1) is 6.92 Å². The zero-order chi connectivity index (χ0) is 14.6. The van der Waals surface area contributed by atoms with Gasteiger partial charge in [-0.3, -0.25) is 9.59 Å². The molecule has 0 aliphatic rings. The minimum absolute atomic E-state index is 0.108. The Labute approximate surface area is 110 Å². The van der Waals surface area contributed by atoms with Crippen molar-refractivity contribution in [3.05, 3.63) is 23.8 Å². The highest BCUT2D eigenvalue weighted by Crippen LogP contribution is 2.20. The Morgan fingerprint density at radius 3 is 2.47 bits per heavy atom. The first kappa shape index (κ1) is 15.1. The highest BCUT2D eigenvalue weighted by molar-refractivity contribution is 7.89. The van der Waals surface area contributed by atoms with Gasteiger partial charge >= 0.3 is 5.97 Å². The summed E-state index contributed by atoms with van der Waals surface area (Å²) in [6, 6.07) is 4.15. The number of aryl methyl sites for hydroxylation is 1. The number of nitrogens with one attached hydrogen (secondary N) is 2. The molecule has 0 aliphatic carbocycles. The molecule has 0 saturated carbocycles. The third-order valence-electron chi connectivity index (χ3n) is 2.24. The number of carbonyl (C=O) groups excluding carboxylic acids is 1. The molecule has 0 aliphatic heterocycles. The summed E-state index contributed by atoms with van der Waals surface area (Å²) < 4.78 is 25.5. The van der Waals surface area contributed by atoms with E-state index in [-0.39, 0.29) is 10.8 Å². The molecule has 0 fully saturated rings. The van der Waals surface area contributed by atoms with Crippen LogP contribution in [0.4, 0.5) is 5.69 Å². The van der Waals surface area contributed by atoms with E-state index in [4.69, 9.17) is 5.11 Å². The van der Waals surface area contributed by atoms with Crippen LogP contribution in [-0.2, 0) is 19.6 Å². The molecule has 8 heteroatoms. The lowest BCUT2D eigenvalue weighted by Gasteiger charge is -2.10. The average molecular weight is 286 g/mol. The van der Waals surface area contributed by atoms with Gasteiger partial charge in [-0.2, -0.15) is 4.72 Å². The third kappa shape index (κ3) is 4.34. The topological polar surface area (TPSA) is 113 Å². The van der Waals surface area contributed by atoms with Crippen LogP contribution in [0.25, 0.3) is 0 Å². The van der Waals surface area contributed by atoms with Gasteiger partial charge in [-0.15, -0.1) is 0 Å². The second-order valence-corrected chi connectivity index (χ2v) is 5.64. The smallest absolute Gasteiger partial charge is 0.318 e. The number of hydrogen-bond acceptors (Lipinski definition) is 4. The first-order chi connectivity index (χ1) is 8.72. The molecule has 0 unspecified atom stereocenters. The fourth-order valence-corrected chi connectivity index (χ4v) is 2.33. The van der Waals surface area contributed by atoms with Crippen molar-refractivity contribution in [2.45, 2.75) is 18.7 Å². The molecule has 19 heavy (non-hydrogen) atoms. The number of benzene rings is 1. The lowest BCUT2D eigenvalue weighted by molar-refractivity contribution is -0.135. The van der Waals surface area contributed by atoms with Crippen LogP contribution >= 0.6 is 0 Å². The second-order valence-electron chi connectivity index (χ2n) is 3.88. The number of rotatable bonds is 5. The standard InChI is InChI=1S/C11H14N2O5S/c1-7-3-4-9(5-10(7)13-8(2)14)19(17,18)12-6-11(15)16/h3-5,12H,6H2,1-2H3,(H,13,14)(H,15,16). The van der Waals surface area contributed by atoms with Crippen molar-refractivity contribution in [1.82, 2.24) is 4.72 Å². The molecular weight excluding hydrogens is 272 g/mol. The van der Waals surface area contributed by atoms with Gasteiger partial charge in [-0.25, -0.2) is 8.42 Å². The Kier molecular flexibility index (Phi) is 4.62. The summed E-state index contributed by atoms with van der Waals surface area (Å²) in [5.41, 5.74) is 1.07. The molecule has 1 aromatic carbocycles. The third-order valence-corrected chi connectivity index (χ3v) is 3.64. The summed E-state index contributed by atoms with van der Waals surface area (Å²) in [5, 5.41) is 11.0. The molecule has 104 valence electrons. The van der Waals surface area contributed by atoms with Crippen molar-refractivity contribution in [3.63, 3.8) is 0 Å². The van der Waals surface area contributed by atoms with Crippen molar-refractivity contribution < 1.29 is 23.1 Å². The van der Waals surface area contributed by atoms with Crippen molar-refractivity contribution in [2.24, 2.45) is 0 Å². The molecule has 0 spiro atoms. The van der Waals surface area contributed by atoms with Crippen LogP contribution in [0.3, 0.4) is 0 Å². The SMILES string of the molecule is CC(=O)Nc1cc(S(=O)(=O)NCC(=O)O)ccc1C. The van der Waals surface area contributed by atoms with E-state index >= 15 is 0 Å². The maximum atomic E-state index is 11.8. The number of aliphatic carboxylic acids is 1. The monoisotopic (exact) mass is 286 g/mol. The van der Waals surface area contributed by atoms with Crippen molar-refractivity contribution in [2.75, 3.05) is 11.9 Å². The molecule has 7 nitrogen and oxygen atoms in total. The van der Waals surface area contributed by atoms with Crippen molar-refractivity contribution >= 4 is 27.6 Å². The Hall–Kier alpha value is -1.93. The Bertz CT molecular complexity index is 610. The average Bonchev–Trinajstić information content (AvgIpc) is 2.29. The molecule has 0 saturated heterocycles. The van der Waals surface area contributed by atoms with E-state index in [0.717, 1.165) is 0 Å². The van der Waals surface area contributed by atoms with Crippen LogP contribution in [0.15, 0.2) is 23.1 Å². The second kappa shape index (κ2) is 5.81. The summed E-state index contributed by atoms with van der Waals surface area (Å²) in [7, 11) is -3.91. The normalized spacial score (nSPS) is 11.1. The molecule has 1 rings (SSSR count). The highest BCUT2D eigenvalue weighted by atomic mass is 32.2. The summed E-state index contributed by atoms with van der Waals surface area (Å²) >= 11 is 0. The predicted octanol–water partition coefficient (Wildman–Crippen LogP) is 0.316. The van der Waals surface area contributed by atoms with Gasteiger partial charge in [-0.1, -0.05) is 6.07 Å². The van der Waals surface area contributed by atoms with Crippen LogP contribution < -0.4 is 10.0 Å². The van der Waals surface area contributed by atoms with Crippen LogP contribution in [0.2, 0.25) is 0 Å². The first-order valence-corrected chi connectivity index (χ1v) is 6.80. The summed E-state index contributed by atoms with van der Waals surface area (Å²) in [6.45, 7) is 2.32. The van der Waals surface area contributed by atoms with Gasteiger partial charge < -0.3 is 10.4 Å². The van der Waals surface area contributed by atoms with Crippen molar-refractivity contribution in [1.29, 1.82) is 0 Å². The molecule has 0 atom stereocenters. The Morgan fingerprint density at radius 2 is 1.95 bits per heavy atom. The van der Waals surface area contributed by atoms with Gasteiger partial charge in [0.05, 0.1) is 4.90 Å². The lowest BCUT2D eigenvalue weighted by Crippen LogP contribution is -2.29. The fourth-order valence-electron chi connectivity index (χ4n) is 1.33. The molecule has 1 aromatic rings. The highest BCUT2D eigenvalue weighted by Gasteiger charge is 2.16. The minimum Gasteiger partial charge on any atom is -0.480 e. The van der Waals surface area contributed by atoms with Gasteiger partial charge in [0.1, 0.15) is 6.54 Å². The number of amides is 1. The van der Waals surface area contributed by atoms with E-state index in [1.54, 1.807) is 6.92 Å². The number of carboxylic acids is 1. The quantitative estimate of drug-likeness (QED) is 0.721. The molecule has 0 heterocycles. The number of sulfonamides is 1. The van der Waals surface area contributed by atoms with E-state index in [9.17, 15) is 18.0 Å². The number of anilines is 1. The largest absolute Gasteiger partial charge is 0.480 e. The number of carbonyl (C=O) groups is 2. The fraction of sp³-hybridized carbons (Fsp3) is 0.273. The van der Waals surface area contributed by atoms with Gasteiger partial charge in [0.25, 0.3) is 0 Å². The van der Waals surface area contributed by atoms with E-state index in [1.807, 2.05) is 4.72 Å². The zero-order valence-electron chi connectivity index (χ0n) is 10.4. The van der Waals surface area contributed by atoms with Gasteiger partial charge in [0, 0.05) is 12.6 Å². The predicted molar refractivity (Wildman–Crippen MR) is 68.3 cm³/mol. The molecule has 0 bridgehead atoms. The molecule has 3 N–H and O–H groups in total. The first-order valence-electron chi connectivity index (χ1n) is 5.32. The van der Waals surface area contributed by atoms with Gasteiger partial charge in [0.2, 0.25) is 15.9 Å². The summed E-state index contributed by atoms with van der Waals surface area (Å²) in [6.07, 6.45) is 0. The van der Waals surface area contributed by atoms with Crippen LogP contribution in [-0.4, -0.2) is 31.9 Å². The van der Waals surface area contributed by atoms with E-state index in [0.29, 0.717) is 11.3 Å². The van der Waals surface area contributed by atoms with E-state index in [2.05, 4.69) is 5.32 Å². The van der Waals surface area contributed by atoms with E-state index < -0.39 is 22.5 Å². The van der Waals surface area contributed by atoms with Gasteiger partial charge in [-0.05, 0) is 24.6 Å². The van der Waals surface area contributed by atoms with E-state index in [1.165, 1.54) is 25.1 Å². The minimum atomic E-state index is -3.91. The van der Waals surface area contributed by atoms with Crippen molar-refractivity contribution in [3.8, 4) is 0 Å². The summed E-state index contributed by atoms with van der Waals surface area (Å²) in [4.78, 5) is 21.2. The van der Waals surface area contributed by atoms with Gasteiger partial charge in [0.15, 0.2) is 0 Å². The lowest BCUT2D eigenvalue weighted by atomic mass is 10.2. The maximum Gasteiger partial charge on any atom is 0.318 e. The van der Waals surface area contributed by atoms with Crippen LogP contribution in [0.1, 0.15) is 12.5 Å². The molecule has 0 aromatic heterocycles. The maximum absolute atomic E-state index is 11.8. The van der Waals surface area contributed by atoms with Crippen LogP contribution in [0.5, 0.6) is 0 Å². The summed E-state index contributed by atoms with van der Waals surface area (Å²) in [5.74, 6) is -1.60. The Balaban J connectivity index is 3.07. The molecule has 1 amide bonds. The molecule has 0 radical (unpaired) electrons. The zero-order valence-corrected chi connectivity index (χ0v) is 11.2. The molecular formula is C11H14N2O5S. The number of hydrogen-bond donors (Lipinski definition) is 3.